The Bertz CT molecular complexity index is 150. The minimum atomic E-state index is 0.219. The number of nitrogens with one attached hydrogen (secondary N) is 1. The van der Waals surface area contributed by atoms with E-state index in [0.717, 1.165) is 26.2 Å². The van der Waals surface area contributed by atoms with Crippen LogP contribution >= 0.6 is 0 Å². The van der Waals surface area contributed by atoms with E-state index < -0.39 is 0 Å². The Morgan fingerprint density at radius 2 is 2.33 bits per heavy atom. The molecule has 0 aromatic carbocycles. The lowest BCUT2D eigenvalue weighted by Crippen LogP contribution is -2.63. The van der Waals surface area contributed by atoms with E-state index in [1.165, 1.54) is 0 Å². The summed E-state index contributed by atoms with van der Waals surface area (Å²) >= 11 is 0. The molecule has 1 atom stereocenters. The van der Waals surface area contributed by atoms with Gasteiger partial charge in [0.25, 0.3) is 0 Å². The Morgan fingerprint density at radius 1 is 1.50 bits per heavy atom. The summed E-state index contributed by atoms with van der Waals surface area (Å²) in [6.45, 7) is 4.82. The second-order valence-electron chi connectivity index (χ2n) is 3.46. The SMILES string of the molecule is OCC1COCCN1C1CNC1. The molecule has 0 aromatic heterocycles. The maximum absolute atomic E-state index is 9.09. The largest absolute Gasteiger partial charge is 0.395 e. The molecular formula is C8H16N2O2. The van der Waals surface area contributed by atoms with E-state index >= 15 is 0 Å². The molecule has 2 rings (SSSR count). The number of rotatable bonds is 2. The van der Waals surface area contributed by atoms with E-state index in [1.54, 1.807) is 0 Å². The fourth-order valence-corrected chi connectivity index (χ4v) is 1.81. The molecule has 0 aromatic rings. The van der Waals surface area contributed by atoms with Gasteiger partial charge in [-0.25, -0.2) is 0 Å². The average Bonchev–Trinajstić information content (AvgIpc) is 2.02. The van der Waals surface area contributed by atoms with Gasteiger partial charge in [-0.1, -0.05) is 0 Å². The van der Waals surface area contributed by atoms with Crippen molar-refractivity contribution in [2.75, 3.05) is 39.5 Å². The standard InChI is InChI=1S/C8H16N2O2/c11-5-8-6-12-2-1-10(8)7-3-9-4-7/h7-9,11H,1-6H2. The summed E-state index contributed by atoms with van der Waals surface area (Å²) in [5.41, 5.74) is 0. The van der Waals surface area contributed by atoms with Crippen LogP contribution < -0.4 is 5.32 Å². The van der Waals surface area contributed by atoms with Crippen LogP contribution in [0.3, 0.4) is 0 Å². The first-order valence-corrected chi connectivity index (χ1v) is 4.57. The number of nitrogens with zero attached hydrogens (tertiary/aromatic N) is 1. The summed E-state index contributed by atoms with van der Waals surface area (Å²) in [6.07, 6.45) is 0. The van der Waals surface area contributed by atoms with Gasteiger partial charge in [0.2, 0.25) is 0 Å². The normalized spacial score (nSPS) is 33.2. The smallest absolute Gasteiger partial charge is 0.0645 e. The summed E-state index contributed by atoms with van der Waals surface area (Å²) in [5, 5.41) is 12.3. The van der Waals surface area contributed by atoms with Crippen molar-refractivity contribution in [1.82, 2.24) is 10.2 Å². The third kappa shape index (κ3) is 1.47. The lowest BCUT2D eigenvalue weighted by Gasteiger charge is -2.44. The molecule has 2 aliphatic rings. The number of aliphatic hydroxyl groups is 1. The molecular weight excluding hydrogens is 156 g/mol. The molecule has 2 saturated heterocycles. The maximum atomic E-state index is 9.09. The van der Waals surface area contributed by atoms with Gasteiger partial charge in [0.15, 0.2) is 0 Å². The number of morpholine rings is 1. The summed E-state index contributed by atoms with van der Waals surface area (Å²) in [6, 6.07) is 0.858. The summed E-state index contributed by atoms with van der Waals surface area (Å²) in [4.78, 5) is 2.36. The zero-order chi connectivity index (χ0) is 8.39. The molecule has 2 heterocycles. The molecule has 0 spiro atoms. The van der Waals surface area contributed by atoms with Crippen molar-refractivity contribution in [2.45, 2.75) is 12.1 Å². The number of hydrogen-bond acceptors (Lipinski definition) is 4. The van der Waals surface area contributed by atoms with Crippen LogP contribution in [-0.4, -0.2) is 61.5 Å². The highest BCUT2D eigenvalue weighted by Crippen LogP contribution is 2.13. The maximum Gasteiger partial charge on any atom is 0.0645 e. The molecule has 4 heteroatoms. The molecule has 1 unspecified atom stereocenters. The summed E-state index contributed by atoms with van der Waals surface area (Å²) < 4.78 is 5.30. The van der Waals surface area contributed by atoms with E-state index in [-0.39, 0.29) is 12.6 Å². The Morgan fingerprint density at radius 3 is 2.92 bits per heavy atom. The van der Waals surface area contributed by atoms with Crippen LogP contribution in [0.2, 0.25) is 0 Å². The molecule has 2 N–H and O–H groups in total. The predicted molar refractivity (Wildman–Crippen MR) is 45.1 cm³/mol. The molecule has 2 aliphatic heterocycles. The number of hydrogen-bond donors (Lipinski definition) is 2. The topological polar surface area (TPSA) is 44.7 Å². The van der Waals surface area contributed by atoms with Gasteiger partial charge in [-0.3, -0.25) is 4.90 Å². The van der Waals surface area contributed by atoms with E-state index in [1.807, 2.05) is 0 Å². The third-order valence-corrected chi connectivity index (χ3v) is 2.71. The minimum absolute atomic E-state index is 0.219. The van der Waals surface area contributed by atoms with Crippen molar-refractivity contribution >= 4 is 0 Å². The Balaban J connectivity index is 1.90. The first kappa shape index (κ1) is 8.44. The Hall–Kier alpha value is -0.160. The van der Waals surface area contributed by atoms with Crippen LogP contribution in [0.25, 0.3) is 0 Å². The van der Waals surface area contributed by atoms with Crippen LogP contribution in [0, 0.1) is 0 Å². The number of aliphatic hydroxyl groups excluding tert-OH is 1. The van der Waals surface area contributed by atoms with Crippen LogP contribution in [0.15, 0.2) is 0 Å². The van der Waals surface area contributed by atoms with E-state index in [0.29, 0.717) is 12.6 Å². The van der Waals surface area contributed by atoms with Gasteiger partial charge in [0.05, 0.1) is 25.9 Å². The van der Waals surface area contributed by atoms with Crippen LogP contribution in [0.1, 0.15) is 0 Å². The molecule has 0 amide bonds. The van der Waals surface area contributed by atoms with Crippen molar-refractivity contribution < 1.29 is 9.84 Å². The molecule has 70 valence electrons. The quantitative estimate of drug-likeness (QED) is 0.540. The van der Waals surface area contributed by atoms with Gasteiger partial charge in [0, 0.05) is 25.7 Å². The molecule has 0 bridgehead atoms. The highest BCUT2D eigenvalue weighted by molar-refractivity contribution is 4.89. The van der Waals surface area contributed by atoms with Crippen molar-refractivity contribution in [3.8, 4) is 0 Å². The fraction of sp³-hybridized carbons (Fsp3) is 1.00. The highest BCUT2D eigenvalue weighted by Gasteiger charge is 2.31. The van der Waals surface area contributed by atoms with Gasteiger partial charge in [-0.2, -0.15) is 0 Å². The van der Waals surface area contributed by atoms with E-state index in [4.69, 9.17) is 9.84 Å². The first-order valence-electron chi connectivity index (χ1n) is 4.57. The Labute approximate surface area is 72.5 Å². The van der Waals surface area contributed by atoms with Crippen molar-refractivity contribution in [2.24, 2.45) is 0 Å². The molecule has 0 radical (unpaired) electrons. The molecule has 12 heavy (non-hydrogen) atoms. The highest BCUT2D eigenvalue weighted by atomic mass is 16.5. The van der Waals surface area contributed by atoms with Gasteiger partial charge in [-0.05, 0) is 0 Å². The van der Waals surface area contributed by atoms with Gasteiger partial charge in [0.1, 0.15) is 0 Å². The van der Waals surface area contributed by atoms with Crippen LogP contribution in [0.4, 0.5) is 0 Å². The van der Waals surface area contributed by atoms with Crippen LogP contribution in [-0.2, 0) is 4.74 Å². The lowest BCUT2D eigenvalue weighted by atomic mass is 10.1. The molecule has 2 fully saturated rings. The van der Waals surface area contributed by atoms with E-state index in [2.05, 4.69) is 10.2 Å². The fourth-order valence-electron chi connectivity index (χ4n) is 1.81. The van der Waals surface area contributed by atoms with Gasteiger partial charge in [-0.15, -0.1) is 0 Å². The van der Waals surface area contributed by atoms with E-state index in [9.17, 15) is 0 Å². The van der Waals surface area contributed by atoms with Gasteiger partial charge < -0.3 is 15.2 Å². The Kier molecular flexibility index (Phi) is 2.60. The lowest BCUT2D eigenvalue weighted by molar-refractivity contribution is -0.0561. The molecule has 0 aliphatic carbocycles. The van der Waals surface area contributed by atoms with Crippen molar-refractivity contribution in [1.29, 1.82) is 0 Å². The second kappa shape index (κ2) is 3.70. The second-order valence-corrected chi connectivity index (χ2v) is 3.46. The molecule has 0 saturated carbocycles. The van der Waals surface area contributed by atoms with Gasteiger partial charge >= 0.3 is 0 Å². The monoisotopic (exact) mass is 172 g/mol. The minimum Gasteiger partial charge on any atom is -0.395 e. The zero-order valence-electron chi connectivity index (χ0n) is 7.20. The zero-order valence-corrected chi connectivity index (χ0v) is 7.20. The number of ether oxygens (including phenoxy) is 1. The average molecular weight is 172 g/mol. The summed E-state index contributed by atoms with van der Waals surface area (Å²) in [7, 11) is 0. The predicted octanol–water partition coefficient (Wildman–Crippen LogP) is -1.35. The van der Waals surface area contributed by atoms with Crippen molar-refractivity contribution in [3.05, 3.63) is 0 Å². The summed E-state index contributed by atoms with van der Waals surface area (Å²) in [5.74, 6) is 0. The third-order valence-electron chi connectivity index (χ3n) is 2.71. The first-order chi connectivity index (χ1) is 5.92. The molecule has 4 nitrogen and oxygen atoms in total. The van der Waals surface area contributed by atoms with Crippen molar-refractivity contribution in [3.63, 3.8) is 0 Å². The van der Waals surface area contributed by atoms with Crippen LogP contribution in [0.5, 0.6) is 0 Å².